The topological polar surface area (TPSA) is 69.3 Å². The highest BCUT2D eigenvalue weighted by Gasteiger charge is 2.30. The minimum atomic E-state index is -0.272. The molecule has 0 aliphatic carbocycles. The third-order valence-electron chi connectivity index (χ3n) is 6.66. The molecule has 0 radical (unpaired) electrons. The molecule has 0 spiro atoms. The minimum Gasteiger partial charge on any atom is -0.343 e. The highest BCUT2D eigenvalue weighted by molar-refractivity contribution is 5.96. The summed E-state index contributed by atoms with van der Waals surface area (Å²) in [6.45, 7) is 5.31. The molecule has 1 aromatic heterocycles. The molecule has 29 heavy (non-hydrogen) atoms. The first-order valence-electron chi connectivity index (χ1n) is 10.3. The largest absolute Gasteiger partial charge is 0.343 e. The fraction of sp³-hybridized carbons (Fsp3) is 0.500. The Labute approximate surface area is 170 Å². The number of carbonyl (C=O) groups is 2. The number of H-pyrrole nitrogens is 1. The number of anilines is 1. The zero-order chi connectivity index (χ0) is 20.7. The van der Waals surface area contributed by atoms with Crippen molar-refractivity contribution < 1.29 is 14.0 Å². The maximum atomic E-state index is 15.4. The fourth-order valence-electron chi connectivity index (χ4n) is 4.71. The van der Waals surface area contributed by atoms with Gasteiger partial charge in [0.25, 0.3) is 0 Å². The Bertz CT molecular complexity index is 946. The van der Waals surface area contributed by atoms with Crippen LogP contribution in [0.4, 0.5) is 10.1 Å². The number of likely N-dealkylation sites (tertiary alicyclic amines) is 1. The number of aromatic nitrogens is 2. The second-order valence-corrected chi connectivity index (χ2v) is 8.21. The Balaban J connectivity index is 1.62. The summed E-state index contributed by atoms with van der Waals surface area (Å²) >= 11 is 0. The van der Waals surface area contributed by atoms with Crippen LogP contribution in [0.25, 0.3) is 11.3 Å². The molecule has 1 atom stereocenters. The van der Waals surface area contributed by atoms with Gasteiger partial charge in [0.1, 0.15) is 5.82 Å². The van der Waals surface area contributed by atoms with Gasteiger partial charge in [-0.3, -0.25) is 14.7 Å². The van der Waals surface area contributed by atoms with E-state index in [1.165, 1.54) is 4.90 Å². The predicted octanol–water partition coefficient (Wildman–Crippen LogP) is 3.49. The van der Waals surface area contributed by atoms with Crippen molar-refractivity contribution >= 4 is 17.5 Å². The number of nitrogens with zero attached hydrogens (tertiary/aromatic N) is 3. The van der Waals surface area contributed by atoms with Gasteiger partial charge >= 0.3 is 0 Å². The number of amides is 2. The van der Waals surface area contributed by atoms with Gasteiger partial charge in [-0.1, -0.05) is 6.92 Å². The first kappa shape index (κ1) is 19.6. The van der Waals surface area contributed by atoms with Crippen molar-refractivity contribution in [1.82, 2.24) is 15.1 Å². The van der Waals surface area contributed by atoms with Gasteiger partial charge in [0.05, 0.1) is 11.9 Å². The van der Waals surface area contributed by atoms with E-state index in [-0.39, 0.29) is 23.5 Å². The van der Waals surface area contributed by atoms with Crippen molar-refractivity contribution in [3.8, 4) is 11.3 Å². The Kier molecular flexibility index (Phi) is 5.15. The number of carbonyl (C=O) groups excluding carboxylic acids is 2. The number of rotatable bonds is 3. The molecule has 2 aliphatic heterocycles. The van der Waals surface area contributed by atoms with Gasteiger partial charge in [0.15, 0.2) is 0 Å². The van der Waals surface area contributed by atoms with E-state index in [0.29, 0.717) is 41.3 Å². The van der Waals surface area contributed by atoms with Crippen molar-refractivity contribution in [3.63, 3.8) is 0 Å². The van der Waals surface area contributed by atoms with Gasteiger partial charge in [-0.05, 0) is 43.2 Å². The first-order valence-corrected chi connectivity index (χ1v) is 10.3. The second-order valence-electron chi connectivity index (χ2n) is 8.21. The molecule has 4 rings (SSSR count). The molecule has 3 heterocycles. The molecule has 7 heteroatoms. The average Bonchev–Trinajstić information content (AvgIpc) is 3.20. The van der Waals surface area contributed by atoms with Gasteiger partial charge in [-0.15, -0.1) is 0 Å². The summed E-state index contributed by atoms with van der Waals surface area (Å²) in [4.78, 5) is 26.9. The molecule has 1 saturated heterocycles. The molecule has 1 N–H and O–H groups in total. The van der Waals surface area contributed by atoms with E-state index in [4.69, 9.17) is 0 Å². The third kappa shape index (κ3) is 3.43. The SMILES string of the molecule is CC(=O)N1CCC([C@H](C)c2cn[nH]c2-c2ccc3c(c2F)CCC(=O)N3C)CC1. The van der Waals surface area contributed by atoms with Crippen LogP contribution in [-0.2, 0) is 16.0 Å². The summed E-state index contributed by atoms with van der Waals surface area (Å²) in [5, 5.41) is 7.22. The van der Waals surface area contributed by atoms with Crippen molar-refractivity contribution in [2.45, 2.75) is 45.4 Å². The van der Waals surface area contributed by atoms with E-state index in [9.17, 15) is 9.59 Å². The predicted molar refractivity (Wildman–Crippen MR) is 109 cm³/mol. The molecule has 0 unspecified atom stereocenters. The van der Waals surface area contributed by atoms with Crippen LogP contribution in [0.5, 0.6) is 0 Å². The Morgan fingerprint density at radius 2 is 2.00 bits per heavy atom. The van der Waals surface area contributed by atoms with Crippen molar-refractivity contribution in [3.05, 3.63) is 35.3 Å². The monoisotopic (exact) mass is 398 g/mol. The maximum absolute atomic E-state index is 15.4. The number of halogens is 1. The Hall–Kier alpha value is -2.70. The molecule has 154 valence electrons. The molecule has 2 aromatic rings. The van der Waals surface area contributed by atoms with Gasteiger partial charge < -0.3 is 9.80 Å². The lowest BCUT2D eigenvalue weighted by atomic mass is 9.80. The number of hydrogen-bond donors (Lipinski definition) is 1. The lowest BCUT2D eigenvalue weighted by molar-refractivity contribution is -0.130. The number of fused-ring (bicyclic) bond motifs is 1. The zero-order valence-electron chi connectivity index (χ0n) is 17.2. The summed E-state index contributed by atoms with van der Waals surface area (Å²) in [7, 11) is 1.69. The molecule has 1 fully saturated rings. The number of hydrogen-bond acceptors (Lipinski definition) is 3. The lowest BCUT2D eigenvalue weighted by Gasteiger charge is -2.34. The summed E-state index contributed by atoms with van der Waals surface area (Å²) in [6.07, 6.45) is 4.41. The summed E-state index contributed by atoms with van der Waals surface area (Å²) in [6, 6.07) is 3.57. The van der Waals surface area contributed by atoms with Gasteiger partial charge in [0.2, 0.25) is 11.8 Å². The van der Waals surface area contributed by atoms with Crippen LogP contribution in [0.3, 0.4) is 0 Å². The summed E-state index contributed by atoms with van der Waals surface area (Å²) < 4.78 is 15.4. The van der Waals surface area contributed by atoms with E-state index >= 15 is 4.39 Å². The molecular formula is C22H27FN4O2. The van der Waals surface area contributed by atoms with Crippen LogP contribution < -0.4 is 4.90 Å². The molecular weight excluding hydrogens is 371 g/mol. The lowest BCUT2D eigenvalue weighted by Crippen LogP contribution is -2.38. The van der Waals surface area contributed by atoms with Crippen LogP contribution in [0.2, 0.25) is 0 Å². The number of piperidine rings is 1. The van der Waals surface area contributed by atoms with Crippen LogP contribution in [0.15, 0.2) is 18.3 Å². The molecule has 2 aliphatic rings. The van der Waals surface area contributed by atoms with Crippen LogP contribution in [-0.4, -0.2) is 47.0 Å². The van der Waals surface area contributed by atoms with Crippen LogP contribution in [0.1, 0.15) is 50.2 Å². The first-order chi connectivity index (χ1) is 13.9. The van der Waals surface area contributed by atoms with E-state index < -0.39 is 0 Å². The standard InChI is InChI=1S/C22H27FN4O2/c1-13(15-8-10-27(11-9-15)14(2)28)18-12-24-25-22(18)17-4-6-19-16(21(17)23)5-7-20(29)26(19)3/h4,6,12-13,15H,5,7-11H2,1-3H3,(H,24,25)/t13-/m0/s1. The minimum absolute atomic E-state index is 0.0115. The number of benzene rings is 1. The highest BCUT2D eigenvalue weighted by atomic mass is 19.1. The summed E-state index contributed by atoms with van der Waals surface area (Å²) in [5.41, 5.74) is 3.46. The number of aromatic amines is 1. The third-order valence-corrected chi connectivity index (χ3v) is 6.66. The normalized spacial score (nSPS) is 18.7. The quantitative estimate of drug-likeness (QED) is 0.861. The van der Waals surface area contributed by atoms with E-state index in [0.717, 1.165) is 31.5 Å². The van der Waals surface area contributed by atoms with E-state index in [1.54, 1.807) is 26.2 Å². The van der Waals surface area contributed by atoms with Crippen LogP contribution >= 0.6 is 0 Å². The Morgan fingerprint density at radius 3 is 2.69 bits per heavy atom. The van der Waals surface area contributed by atoms with E-state index in [2.05, 4.69) is 17.1 Å². The Morgan fingerprint density at radius 1 is 1.28 bits per heavy atom. The average molecular weight is 398 g/mol. The highest BCUT2D eigenvalue weighted by Crippen LogP contribution is 2.40. The van der Waals surface area contributed by atoms with Crippen molar-refractivity contribution in [1.29, 1.82) is 0 Å². The molecule has 0 saturated carbocycles. The molecule has 0 bridgehead atoms. The van der Waals surface area contributed by atoms with Crippen molar-refractivity contribution in [2.75, 3.05) is 25.0 Å². The molecule has 2 amide bonds. The van der Waals surface area contributed by atoms with Crippen molar-refractivity contribution in [2.24, 2.45) is 5.92 Å². The maximum Gasteiger partial charge on any atom is 0.227 e. The number of nitrogens with one attached hydrogen (secondary N) is 1. The van der Waals surface area contributed by atoms with Gasteiger partial charge in [-0.25, -0.2) is 4.39 Å². The summed E-state index contributed by atoms with van der Waals surface area (Å²) in [5.74, 6) is 0.493. The molecule has 6 nitrogen and oxygen atoms in total. The van der Waals surface area contributed by atoms with Gasteiger partial charge in [0, 0.05) is 55.9 Å². The van der Waals surface area contributed by atoms with Gasteiger partial charge in [-0.2, -0.15) is 5.10 Å². The molecule has 1 aromatic carbocycles. The fourth-order valence-corrected chi connectivity index (χ4v) is 4.71. The smallest absolute Gasteiger partial charge is 0.227 e. The van der Waals surface area contributed by atoms with E-state index in [1.807, 2.05) is 11.0 Å². The van der Waals surface area contributed by atoms with Crippen LogP contribution in [0, 0.1) is 11.7 Å². The second kappa shape index (κ2) is 7.61. The zero-order valence-corrected chi connectivity index (χ0v) is 17.2.